The van der Waals surface area contributed by atoms with Crippen LogP contribution in [0, 0.1) is 0 Å². The quantitative estimate of drug-likeness (QED) is 0.683. The molecule has 0 fully saturated rings. The molecule has 0 aromatic heterocycles. The van der Waals surface area contributed by atoms with Crippen molar-refractivity contribution in [1.82, 2.24) is 0 Å². The van der Waals surface area contributed by atoms with Crippen molar-refractivity contribution in [3.63, 3.8) is 0 Å². The first-order valence-corrected chi connectivity index (χ1v) is 9.66. The van der Waals surface area contributed by atoms with Crippen LogP contribution >= 0.6 is 11.8 Å². The maximum atomic E-state index is 12.3. The second-order valence-electron chi connectivity index (χ2n) is 5.68. The molecule has 27 heavy (non-hydrogen) atoms. The number of anilines is 2. The summed E-state index contributed by atoms with van der Waals surface area (Å²) in [5.41, 5.74) is 1.38. The minimum absolute atomic E-state index is 0.151. The van der Waals surface area contributed by atoms with Crippen LogP contribution in [-0.2, 0) is 9.59 Å². The Hall–Kier alpha value is -2.67. The highest BCUT2D eigenvalue weighted by Crippen LogP contribution is 2.19. The van der Waals surface area contributed by atoms with Crippen LogP contribution in [0.15, 0.2) is 48.5 Å². The summed E-state index contributed by atoms with van der Waals surface area (Å²) in [6.07, 6.45) is 0. The molecule has 0 saturated heterocycles. The number of carbonyl (C=O) groups excluding carboxylic acids is 2. The van der Waals surface area contributed by atoms with E-state index in [0.717, 1.165) is 11.5 Å². The lowest BCUT2D eigenvalue weighted by atomic mass is 10.3. The molecule has 0 saturated carbocycles. The number of rotatable bonds is 9. The lowest BCUT2D eigenvalue weighted by molar-refractivity contribution is -0.115. The van der Waals surface area contributed by atoms with Gasteiger partial charge in [-0.3, -0.25) is 9.59 Å². The molecular formula is C20H24N2O4S. The minimum Gasteiger partial charge on any atom is -0.497 e. The number of hydrogen-bond donors (Lipinski definition) is 2. The second kappa shape index (κ2) is 10.5. The Labute approximate surface area is 163 Å². The molecule has 144 valence electrons. The summed E-state index contributed by atoms with van der Waals surface area (Å²) < 4.78 is 10.5. The van der Waals surface area contributed by atoms with E-state index < -0.39 is 0 Å². The summed E-state index contributed by atoms with van der Waals surface area (Å²) in [5, 5.41) is 5.27. The fourth-order valence-corrected chi connectivity index (χ4v) is 2.88. The highest BCUT2D eigenvalue weighted by atomic mass is 32.2. The van der Waals surface area contributed by atoms with Crippen molar-refractivity contribution in [2.75, 3.05) is 30.1 Å². The van der Waals surface area contributed by atoms with Crippen LogP contribution in [0.3, 0.4) is 0 Å². The smallest absolute Gasteiger partial charge is 0.237 e. The highest BCUT2D eigenvalue weighted by molar-refractivity contribution is 8.01. The van der Waals surface area contributed by atoms with Crippen molar-refractivity contribution in [1.29, 1.82) is 0 Å². The number of nitrogens with one attached hydrogen (secondary N) is 2. The van der Waals surface area contributed by atoms with Crippen LogP contribution in [0.1, 0.15) is 13.8 Å². The first-order valence-electron chi connectivity index (χ1n) is 8.61. The van der Waals surface area contributed by atoms with E-state index in [1.807, 2.05) is 6.92 Å². The maximum Gasteiger partial charge on any atom is 0.237 e. The molecule has 0 unspecified atom stereocenters. The third-order valence-corrected chi connectivity index (χ3v) is 4.78. The minimum atomic E-state index is -0.363. The molecule has 0 aliphatic carbocycles. The van der Waals surface area contributed by atoms with Crippen molar-refractivity contribution in [3.8, 4) is 11.5 Å². The molecule has 0 spiro atoms. The largest absolute Gasteiger partial charge is 0.497 e. The Balaban J connectivity index is 1.76. The second-order valence-corrected chi connectivity index (χ2v) is 7.01. The average Bonchev–Trinajstić information content (AvgIpc) is 2.68. The van der Waals surface area contributed by atoms with Gasteiger partial charge in [-0.2, -0.15) is 0 Å². The topological polar surface area (TPSA) is 76.7 Å². The molecule has 0 heterocycles. The summed E-state index contributed by atoms with van der Waals surface area (Å²) in [4.78, 5) is 24.3. The summed E-state index contributed by atoms with van der Waals surface area (Å²) >= 11 is 1.28. The van der Waals surface area contributed by atoms with Gasteiger partial charge in [0.15, 0.2) is 0 Å². The molecule has 2 N–H and O–H groups in total. The van der Waals surface area contributed by atoms with Gasteiger partial charge >= 0.3 is 0 Å². The lowest BCUT2D eigenvalue weighted by Crippen LogP contribution is -2.25. The fourth-order valence-electron chi connectivity index (χ4n) is 2.19. The SMILES string of the molecule is CCOc1ccc(NC(=O)[C@@H](C)SCC(=O)Nc2ccc(OC)cc2)cc1. The van der Waals surface area contributed by atoms with E-state index in [-0.39, 0.29) is 22.8 Å². The van der Waals surface area contributed by atoms with Crippen LogP contribution < -0.4 is 20.1 Å². The zero-order valence-electron chi connectivity index (χ0n) is 15.7. The number of carbonyl (C=O) groups is 2. The summed E-state index contributed by atoms with van der Waals surface area (Å²) in [5.74, 6) is 1.35. The van der Waals surface area contributed by atoms with E-state index in [1.165, 1.54) is 11.8 Å². The van der Waals surface area contributed by atoms with Gasteiger partial charge in [0, 0.05) is 11.4 Å². The van der Waals surface area contributed by atoms with E-state index in [9.17, 15) is 9.59 Å². The number of ether oxygens (including phenoxy) is 2. The van der Waals surface area contributed by atoms with Crippen LogP contribution in [0.5, 0.6) is 11.5 Å². The van der Waals surface area contributed by atoms with E-state index >= 15 is 0 Å². The number of amides is 2. The van der Waals surface area contributed by atoms with Gasteiger partial charge in [0.1, 0.15) is 11.5 Å². The Morgan fingerprint density at radius 1 is 0.963 bits per heavy atom. The molecule has 2 aromatic carbocycles. The zero-order chi connectivity index (χ0) is 19.6. The molecular weight excluding hydrogens is 364 g/mol. The first kappa shape index (κ1) is 20.6. The Morgan fingerprint density at radius 3 is 2.07 bits per heavy atom. The van der Waals surface area contributed by atoms with Gasteiger partial charge in [0.2, 0.25) is 11.8 Å². The van der Waals surface area contributed by atoms with Gasteiger partial charge < -0.3 is 20.1 Å². The third-order valence-electron chi connectivity index (χ3n) is 3.64. The average molecular weight is 388 g/mol. The number of hydrogen-bond acceptors (Lipinski definition) is 5. The first-order chi connectivity index (χ1) is 13.0. The molecule has 2 aromatic rings. The summed E-state index contributed by atoms with van der Waals surface area (Å²) in [6.45, 7) is 4.28. The number of thioether (sulfide) groups is 1. The predicted molar refractivity (Wildman–Crippen MR) is 110 cm³/mol. The predicted octanol–water partition coefficient (Wildman–Crippen LogP) is 3.79. The van der Waals surface area contributed by atoms with E-state index in [0.29, 0.717) is 18.0 Å². The van der Waals surface area contributed by atoms with Gasteiger partial charge in [-0.1, -0.05) is 0 Å². The highest BCUT2D eigenvalue weighted by Gasteiger charge is 2.15. The summed E-state index contributed by atoms with van der Waals surface area (Å²) in [6, 6.07) is 14.3. The van der Waals surface area contributed by atoms with Crippen molar-refractivity contribution >= 4 is 35.0 Å². The van der Waals surface area contributed by atoms with Crippen molar-refractivity contribution in [2.45, 2.75) is 19.1 Å². The molecule has 2 amide bonds. The maximum absolute atomic E-state index is 12.3. The van der Waals surface area contributed by atoms with E-state index in [4.69, 9.17) is 9.47 Å². The normalized spacial score (nSPS) is 11.4. The molecule has 1 atom stereocenters. The van der Waals surface area contributed by atoms with Crippen molar-refractivity contribution in [2.24, 2.45) is 0 Å². The molecule has 0 aliphatic heterocycles. The Morgan fingerprint density at radius 2 is 1.52 bits per heavy atom. The third kappa shape index (κ3) is 6.86. The van der Waals surface area contributed by atoms with E-state index in [2.05, 4.69) is 10.6 Å². The van der Waals surface area contributed by atoms with Crippen LogP contribution in [0.4, 0.5) is 11.4 Å². The summed E-state index contributed by atoms with van der Waals surface area (Å²) in [7, 11) is 1.59. The van der Waals surface area contributed by atoms with Crippen LogP contribution in [-0.4, -0.2) is 36.5 Å². The fraction of sp³-hybridized carbons (Fsp3) is 0.300. The molecule has 7 heteroatoms. The van der Waals surface area contributed by atoms with Crippen molar-refractivity contribution in [3.05, 3.63) is 48.5 Å². The number of methoxy groups -OCH3 is 1. The molecule has 0 bridgehead atoms. The zero-order valence-corrected chi connectivity index (χ0v) is 16.5. The Bertz CT molecular complexity index is 748. The number of benzene rings is 2. The lowest BCUT2D eigenvalue weighted by Gasteiger charge is -2.13. The van der Waals surface area contributed by atoms with Gasteiger partial charge in [0.05, 0.1) is 24.7 Å². The molecule has 0 aliphatic rings. The van der Waals surface area contributed by atoms with Gasteiger partial charge in [-0.15, -0.1) is 11.8 Å². The van der Waals surface area contributed by atoms with Gasteiger partial charge in [0.25, 0.3) is 0 Å². The van der Waals surface area contributed by atoms with E-state index in [1.54, 1.807) is 62.6 Å². The molecule has 2 rings (SSSR count). The molecule has 6 nitrogen and oxygen atoms in total. The van der Waals surface area contributed by atoms with Crippen LogP contribution in [0.25, 0.3) is 0 Å². The standard InChI is InChI=1S/C20H24N2O4S/c1-4-26-18-11-7-16(8-12-18)22-20(24)14(2)27-13-19(23)21-15-5-9-17(25-3)10-6-15/h5-12,14H,4,13H2,1-3H3,(H,21,23)(H,22,24)/t14-/m1/s1. The monoisotopic (exact) mass is 388 g/mol. The van der Waals surface area contributed by atoms with Gasteiger partial charge in [-0.25, -0.2) is 0 Å². The van der Waals surface area contributed by atoms with Gasteiger partial charge in [-0.05, 0) is 62.4 Å². The molecule has 0 radical (unpaired) electrons. The Kier molecular flexibility index (Phi) is 8.00. The van der Waals surface area contributed by atoms with Crippen molar-refractivity contribution < 1.29 is 19.1 Å². The van der Waals surface area contributed by atoms with Crippen LogP contribution in [0.2, 0.25) is 0 Å².